The monoisotopic (exact) mass is 240 g/mol. The minimum atomic E-state index is 0.154. The zero-order valence-corrected chi connectivity index (χ0v) is 10.6. The minimum absolute atomic E-state index is 0.154. The molecule has 90 valence electrons. The quantitative estimate of drug-likeness (QED) is 0.859. The lowest BCUT2D eigenvalue weighted by molar-refractivity contribution is 0.0532. The van der Waals surface area contributed by atoms with Gasteiger partial charge in [-0.2, -0.15) is 0 Å². The molecule has 1 N–H and O–H groups in total. The molecule has 1 aliphatic rings. The first-order valence-electron chi connectivity index (χ1n) is 6.08. The average molecular weight is 240 g/mol. The van der Waals surface area contributed by atoms with Gasteiger partial charge in [0.2, 0.25) is 0 Å². The first kappa shape index (κ1) is 12.0. The van der Waals surface area contributed by atoms with E-state index in [1.807, 2.05) is 11.6 Å². The van der Waals surface area contributed by atoms with Gasteiger partial charge < -0.3 is 10.1 Å². The molecule has 4 heteroatoms. The van der Waals surface area contributed by atoms with E-state index in [1.54, 1.807) is 11.3 Å². The summed E-state index contributed by atoms with van der Waals surface area (Å²) in [5, 5.41) is 6.48. The molecule has 2 rings (SSSR count). The average Bonchev–Trinajstić information content (AvgIpc) is 2.84. The van der Waals surface area contributed by atoms with E-state index < -0.39 is 0 Å². The summed E-state index contributed by atoms with van der Waals surface area (Å²) in [6.07, 6.45) is 5.79. The molecule has 3 nitrogen and oxygen atoms in total. The Kier molecular flexibility index (Phi) is 4.75. The molecule has 0 spiro atoms. The molecule has 1 aromatic rings. The topological polar surface area (TPSA) is 34.1 Å². The van der Waals surface area contributed by atoms with Crippen LogP contribution in [0.3, 0.4) is 0 Å². The van der Waals surface area contributed by atoms with Crippen molar-refractivity contribution in [1.82, 2.24) is 10.3 Å². The van der Waals surface area contributed by atoms with Gasteiger partial charge in [-0.3, -0.25) is 0 Å². The zero-order valence-electron chi connectivity index (χ0n) is 9.82. The first-order valence-corrected chi connectivity index (χ1v) is 6.96. The maximum absolute atomic E-state index is 5.82. The Hall–Kier alpha value is -0.450. The molecule has 1 aliphatic heterocycles. The Morgan fingerprint density at radius 3 is 3.06 bits per heavy atom. The summed E-state index contributed by atoms with van der Waals surface area (Å²) in [4.78, 5) is 4.27. The Bertz CT molecular complexity index is 283. The summed E-state index contributed by atoms with van der Waals surface area (Å²) in [7, 11) is 0. The number of hydrogen-bond donors (Lipinski definition) is 1. The van der Waals surface area contributed by atoms with Gasteiger partial charge >= 0.3 is 0 Å². The van der Waals surface area contributed by atoms with Gasteiger partial charge in [0.1, 0.15) is 11.1 Å². The molecule has 1 aromatic heterocycles. The van der Waals surface area contributed by atoms with Gasteiger partial charge in [0.05, 0.1) is 0 Å². The number of nitrogens with one attached hydrogen (secondary N) is 1. The second-order valence-corrected chi connectivity index (χ2v) is 5.29. The van der Waals surface area contributed by atoms with Crippen molar-refractivity contribution in [1.29, 1.82) is 0 Å². The van der Waals surface area contributed by atoms with E-state index in [0.29, 0.717) is 0 Å². The largest absolute Gasteiger partial charge is 0.371 e. The van der Waals surface area contributed by atoms with E-state index in [1.165, 1.54) is 32.4 Å². The van der Waals surface area contributed by atoms with Crippen LogP contribution in [-0.4, -0.2) is 24.7 Å². The van der Waals surface area contributed by atoms with E-state index in [4.69, 9.17) is 4.74 Å². The number of aromatic nitrogens is 1. The number of rotatable bonds is 5. The molecule has 0 radical (unpaired) electrons. The van der Waals surface area contributed by atoms with Gasteiger partial charge in [0.25, 0.3) is 0 Å². The smallest absolute Gasteiger partial charge is 0.121 e. The zero-order chi connectivity index (χ0) is 11.2. The van der Waals surface area contributed by atoms with Gasteiger partial charge in [0.15, 0.2) is 0 Å². The van der Waals surface area contributed by atoms with Crippen LogP contribution in [0.2, 0.25) is 0 Å². The molecule has 16 heavy (non-hydrogen) atoms. The molecule has 0 saturated carbocycles. The second kappa shape index (κ2) is 6.33. The Balaban J connectivity index is 1.63. The van der Waals surface area contributed by atoms with Crippen molar-refractivity contribution in [2.24, 2.45) is 5.92 Å². The van der Waals surface area contributed by atoms with Crippen LogP contribution in [0.15, 0.2) is 11.6 Å². The minimum Gasteiger partial charge on any atom is -0.371 e. The van der Waals surface area contributed by atoms with Crippen LogP contribution in [0.5, 0.6) is 0 Å². The van der Waals surface area contributed by atoms with Crippen LogP contribution in [-0.2, 0) is 4.74 Å². The Morgan fingerprint density at radius 1 is 1.56 bits per heavy atom. The molecular formula is C12H20N2OS. The van der Waals surface area contributed by atoms with Crippen molar-refractivity contribution in [2.45, 2.75) is 32.3 Å². The Labute approximate surface area is 101 Å². The van der Waals surface area contributed by atoms with Gasteiger partial charge in [-0.25, -0.2) is 4.98 Å². The first-order chi connectivity index (χ1) is 7.86. The third-order valence-corrected chi connectivity index (χ3v) is 4.09. The molecule has 0 unspecified atom stereocenters. The molecule has 0 bridgehead atoms. The van der Waals surface area contributed by atoms with Crippen LogP contribution in [0.1, 0.15) is 37.3 Å². The van der Waals surface area contributed by atoms with E-state index in [0.717, 1.165) is 17.5 Å². The van der Waals surface area contributed by atoms with Crippen molar-refractivity contribution < 1.29 is 4.74 Å². The molecule has 2 heterocycles. The fraction of sp³-hybridized carbons (Fsp3) is 0.750. The van der Waals surface area contributed by atoms with Crippen molar-refractivity contribution in [2.75, 3.05) is 19.7 Å². The fourth-order valence-corrected chi connectivity index (χ4v) is 2.73. The molecule has 0 amide bonds. The van der Waals surface area contributed by atoms with Crippen LogP contribution in [0.4, 0.5) is 0 Å². The standard InChI is InChI=1S/C12H20N2OS/c1-10(12-14-7-9-16-12)15-8-4-11-2-5-13-6-3-11/h7,9-11,13H,2-6,8H2,1H3/t10-/m0/s1. The number of piperidine rings is 1. The normalized spacial score (nSPS) is 19.8. The van der Waals surface area contributed by atoms with E-state index in [9.17, 15) is 0 Å². The van der Waals surface area contributed by atoms with Crippen LogP contribution in [0, 0.1) is 5.92 Å². The maximum atomic E-state index is 5.82. The number of nitrogens with zero attached hydrogens (tertiary/aromatic N) is 1. The molecule has 0 aliphatic carbocycles. The molecular weight excluding hydrogens is 220 g/mol. The summed E-state index contributed by atoms with van der Waals surface area (Å²) < 4.78 is 5.82. The van der Waals surface area contributed by atoms with Gasteiger partial charge in [-0.15, -0.1) is 11.3 Å². The molecule has 1 fully saturated rings. The summed E-state index contributed by atoms with van der Waals surface area (Å²) in [5.74, 6) is 0.852. The van der Waals surface area contributed by atoms with Crippen LogP contribution in [0.25, 0.3) is 0 Å². The summed E-state index contributed by atoms with van der Waals surface area (Å²) in [6.45, 7) is 5.30. The highest BCUT2D eigenvalue weighted by Gasteiger charge is 2.14. The van der Waals surface area contributed by atoms with Gasteiger partial charge in [0, 0.05) is 18.2 Å². The lowest BCUT2D eigenvalue weighted by atomic mass is 9.95. The van der Waals surface area contributed by atoms with Crippen LogP contribution >= 0.6 is 11.3 Å². The molecule has 1 atom stereocenters. The van der Waals surface area contributed by atoms with Crippen molar-refractivity contribution >= 4 is 11.3 Å². The maximum Gasteiger partial charge on any atom is 0.121 e. The lowest BCUT2D eigenvalue weighted by Crippen LogP contribution is -2.28. The highest BCUT2D eigenvalue weighted by molar-refractivity contribution is 7.09. The van der Waals surface area contributed by atoms with Crippen LogP contribution < -0.4 is 5.32 Å². The summed E-state index contributed by atoms with van der Waals surface area (Å²) in [5.41, 5.74) is 0. The predicted octanol–water partition coefficient (Wildman–Crippen LogP) is 2.61. The summed E-state index contributed by atoms with van der Waals surface area (Å²) in [6, 6.07) is 0. The van der Waals surface area contributed by atoms with E-state index in [-0.39, 0.29) is 6.10 Å². The highest BCUT2D eigenvalue weighted by Crippen LogP contribution is 2.21. The number of hydrogen-bond acceptors (Lipinski definition) is 4. The summed E-state index contributed by atoms with van der Waals surface area (Å²) >= 11 is 1.67. The Morgan fingerprint density at radius 2 is 2.38 bits per heavy atom. The highest BCUT2D eigenvalue weighted by atomic mass is 32.1. The second-order valence-electron chi connectivity index (χ2n) is 4.37. The third-order valence-electron chi connectivity index (χ3n) is 3.15. The van der Waals surface area contributed by atoms with Crippen molar-refractivity contribution in [3.63, 3.8) is 0 Å². The molecule has 1 saturated heterocycles. The van der Waals surface area contributed by atoms with Gasteiger partial charge in [-0.05, 0) is 45.2 Å². The number of ether oxygens (including phenoxy) is 1. The predicted molar refractivity (Wildman–Crippen MR) is 66.7 cm³/mol. The fourth-order valence-electron chi connectivity index (χ4n) is 2.09. The van der Waals surface area contributed by atoms with E-state index in [2.05, 4.69) is 17.2 Å². The SMILES string of the molecule is C[C@H](OCCC1CCNCC1)c1nccs1. The number of thiazole rings is 1. The van der Waals surface area contributed by atoms with Crippen molar-refractivity contribution in [3.8, 4) is 0 Å². The molecule has 0 aromatic carbocycles. The lowest BCUT2D eigenvalue weighted by Gasteiger charge is -2.22. The van der Waals surface area contributed by atoms with Crippen molar-refractivity contribution in [3.05, 3.63) is 16.6 Å². The van der Waals surface area contributed by atoms with E-state index >= 15 is 0 Å². The van der Waals surface area contributed by atoms with Gasteiger partial charge in [-0.1, -0.05) is 0 Å². The third kappa shape index (κ3) is 3.54.